The third kappa shape index (κ3) is 8.53. The molecule has 0 spiro atoms. The van der Waals surface area contributed by atoms with Gasteiger partial charge in [0.05, 0.1) is 13.2 Å². The Kier molecular flexibility index (Phi) is 11.0. The molecule has 1 aliphatic rings. The van der Waals surface area contributed by atoms with Crippen molar-refractivity contribution < 1.29 is 9.47 Å². The molecule has 1 rings (SSSR count). The highest BCUT2D eigenvalue weighted by atomic mass is 16.5. The van der Waals surface area contributed by atoms with Gasteiger partial charge in [-0.05, 0) is 38.3 Å². The van der Waals surface area contributed by atoms with Crippen LogP contribution in [0.25, 0.3) is 0 Å². The summed E-state index contributed by atoms with van der Waals surface area (Å²) in [5.41, 5.74) is 0. The van der Waals surface area contributed by atoms with Crippen molar-refractivity contribution in [3.63, 3.8) is 0 Å². The monoisotopic (exact) mass is 328 g/mol. The van der Waals surface area contributed by atoms with E-state index in [1.807, 2.05) is 7.05 Å². The molecule has 0 aromatic carbocycles. The molecule has 2 N–H and O–H groups in total. The molecule has 6 heteroatoms. The van der Waals surface area contributed by atoms with Crippen LogP contribution in [0.2, 0.25) is 0 Å². The first-order valence-corrected chi connectivity index (χ1v) is 8.94. The zero-order valence-corrected chi connectivity index (χ0v) is 15.4. The number of methoxy groups -OCH3 is 1. The minimum Gasteiger partial charge on any atom is -0.382 e. The number of likely N-dealkylation sites (tertiary alicyclic amines) is 1. The van der Waals surface area contributed by atoms with Crippen LogP contribution in [0.3, 0.4) is 0 Å². The van der Waals surface area contributed by atoms with Gasteiger partial charge in [-0.25, -0.2) is 0 Å². The first kappa shape index (κ1) is 20.2. The highest BCUT2D eigenvalue weighted by Crippen LogP contribution is 2.16. The molecule has 0 saturated carbocycles. The lowest BCUT2D eigenvalue weighted by molar-refractivity contribution is 0.0698. The van der Waals surface area contributed by atoms with Crippen molar-refractivity contribution in [3.05, 3.63) is 0 Å². The molecule has 1 heterocycles. The second-order valence-corrected chi connectivity index (χ2v) is 6.39. The van der Waals surface area contributed by atoms with Crippen molar-refractivity contribution in [3.8, 4) is 0 Å². The van der Waals surface area contributed by atoms with Crippen LogP contribution < -0.4 is 10.6 Å². The third-order valence-electron chi connectivity index (χ3n) is 4.27. The van der Waals surface area contributed by atoms with E-state index in [0.717, 1.165) is 32.1 Å². The fourth-order valence-corrected chi connectivity index (χ4v) is 2.91. The number of rotatable bonds is 11. The second-order valence-electron chi connectivity index (χ2n) is 6.39. The first-order valence-electron chi connectivity index (χ1n) is 8.94. The van der Waals surface area contributed by atoms with Gasteiger partial charge in [-0.1, -0.05) is 13.8 Å². The Morgan fingerprint density at radius 2 is 1.87 bits per heavy atom. The number of nitrogens with zero attached hydrogens (tertiary/aromatic N) is 2. The van der Waals surface area contributed by atoms with E-state index in [2.05, 4.69) is 34.4 Å². The van der Waals surface area contributed by atoms with Gasteiger partial charge < -0.3 is 20.1 Å². The van der Waals surface area contributed by atoms with Crippen LogP contribution in [0.15, 0.2) is 4.99 Å². The predicted molar refractivity (Wildman–Crippen MR) is 96.1 cm³/mol. The summed E-state index contributed by atoms with van der Waals surface area (Å²) in [6.07, 6.45) is 3.63. The maximum Gasteiger partial charge on any atom is 0.191 e. The average molecular weight is 329 g/mol. The topological polar surface area (TPSA) is 58.1 Å². The van der Waals surface area contributed by atoms with E-state index in [1.54, 1.807) is 7.11 Å². The van der Waals surface area contributed by atoms with Gasteiger partial charge in [0.25, 0.3) is 0 Å². The lowest BCUT2D eigenvalue weighted by atomic mass is 10.0. The highest BCUT2D eigenvalue weighted by Gasteiger charge is 2.24. The SMILES string of the molecule is CN=C(NCCCOCCOC)NCC(C(C)C)N1CCCC1. The molecule has 0 bridgehead atoms. The van der Waals surface area contributed by atoms with Gasteiger partial charge in [-0.3, -0.25) is 9.89 Å². The van der Waals surface area contributed by atoms with Gasteiger partial charge in [0.2, 0.25) is 0 Å². The summed E-state index contributed by atoms with van der Waals surface area (Å²) in [7, 11) is 3.51. The third-order valence-corrected chi connectivity index (χ3v) is 4.27. The quantitative estimate of drug-likeness (QED) is 0.340. The molecule has 0 aliphatic carbocycles. The Morgan fingerprint density at radius 1 is 1.13 bits per heavy atom. The van der Waals surface area contributed by atoms with Crippen LogP contribution in [0.1, 0.15) is 33.1 Å². The van der Waals surface area contributed by atoms with Crippen LogP contribution in [-0.4, -0.2) is 77.1 Å². The largest absolute Gasteiger partial charge is 0.382 e. The number of ether oxygens (including phenoxy) is 2. The van der Waals surface area contributed by atoms with Gasteiger partial charge in [-0.15, -0.1) is 0 Å². The molecule has 6 nitrogen and oxygen atoms in total. The molecule has 136 valence electrons. The average Bonchev–Trinajstić information content (AvgIpc) is 3.06. The maximum atomic E-state index is 5.45. The summed E-state index contributed by atoms with van der Waals surface area (Å²) in [4.78, 5) is 6.91. The predicted octanol–water partition coefficient (Wildman–Crippen LogP) is 1.32. The molecule has 1 aliphatic heterocycles. The number of aliphatic imine (C=N–C) groups is 1. The van der Waals surface area contributed by atoms with Gasteiger partial charge in [0.1, 0.15) is 0 Å². The van der Waals surface area contributed by atoms with Crippen LogP contribution in [0.4, 0.5) is 0 Å². The molecule has 0 radical (unpaired) electrons. The Morgan fingerprint density at radius 3 is 2.48 bits per heavy atom. The van der Waals surface area contributed by atoms with Crippen molar-refractivity contribution >= 4 is 5.96 Å². The number of nitrogens with one attached hydrogen (secondary N) is 2. The lowest BCUT2D eigenvalue weighted by Crippen LogP contribution is -2.48. The standard InChI is InChI=1S/C17H36N4O2/c1-15(2)16(21-9-5-6-10-21)14-20-17(18-3)19-8-7-11-23-13-12-22-4/h15-16H,5-14H2,1-4H3,(H2,18,19,20). The van der Waals surface area contributed by atoms with Crippen molar-refractivity contribution in [2.45, 2.75) is 39.2 Å². The van der Waals surface area contributed by atoms with Gasteiger partial charge in [-0.2, -0.15) is 0 Å². The van der Waals surface area contributed by atoms with E-state index < -0.39 is 0 Å². The minimum absolute atomic E-state index is 0.577. The first-order chi connectivity index (χ1) is 11.2. The number of hydrogen-bond donors (Lipinski definition) is 2. The number of hydrogen-bond acceptors (Lipinski definition) is 4. The molecule has 0 aromatic rings. The van der Waals surface area contributed by atoms with E-state index in [-0.39, 0.29) is 0 Å². The van der Waals surface area contributed by atoms with Crippen LogP contribution in [-0.2, 0) is 9.47 Å². The normalized spacial score (nSPS) is 17.7. The van der Waals surface area contributed by atoms with Gasteiger partial charge in [0.15, 0.2) is 5.96 Å². The molecular weight excluding hydrogens is 292 g/mol. The molecule has 1 saturated heterocycles. The van der Waals surface area contributed by atoms with E-state index in [9.17, 15) is 0 Å². The summed E-state index contributed by atoms with van der Waals surface area (Å²) in [6, 6.07) is 0.577. The minimum atomic E-state index is 0.577. The lowest BCUT2D eigenvalue weighted by Gasteiger charge is -2.31. The zero-order chi connectivity index (χ0) is 16.9. The van der Waals surface area contributed by atoms with E-state index in [1.165, 1.54) is 25.9 Å². The van der Waals surface area contributed by atoms with Gasteiger partial charge >= 0.3 is 0 Å². The summed E-state index contributed by atoms with van der Waals surface area (Å²) < 4.78 is 10.4. The second kappa shape index (κ2) is 12.6. The van der Waals surface area contributed by atoms with Crippen LogP contribution >= 0.6 is 0 Å². The molecule has 1 atom stereocenters. The molecule has 0 amide bonds. The summed E-state index contributed by atoms with van der Waals surface area (Å²) in [6.45, 7) is 10.9. The summed E-state index contributed by atoms with van der Waals surface area (Å²) in [5, 5.41) is 6.83. The molecule has 1 fully saturated rings. The Hall–Kier alpha value is -0.850. The molecule has 23 heavy (non-hydrogen) atoms. The Labute approximate surface area is 142 Å². The van der Waals surface area contributed by atoms with E-state index in [4.69, 9.17) is 9.47 Å². The van der Waals surface area contributed by atoms with Crippen LogP contribution in [0, 0.1) is 5.92 Å². The summed E-state index contributed by atoms with van der Waals surface area (Å²) in [5.74, 6) is 1.53. The molecule has 0 aromatic heterocycles. The highest BCUT2D eigenvalue weighted by molar-refractivity contribution is 5.79. The fraction of sp³-hybridized carbons (Fsp3) is 0.941. The maximum absolute atomic E-state index is 5.45. The van der Waals surface area contributed by atoms with E-state index >= 15 is 0 Å². The van der Waals surface area contributed by atoms with E-state index in [0.29, 0.717) is 25.2 Å². The van der Waals surface area contributed by atoms with Crippen molar-refractivity contribution in [1.29, 1.82) is 0 Å². The van der Waals surface area contributed by atoms with Crippen LogP contribution in [0.5, 0.6) is 0 Å². The van der Waals surface area contributed by atoms with Gasteiger partial charge in [0, 0.05) is 39.9 Å². The smallest absolute Gasteiger partial charge is 0.191 e. The molecular formula is C17H36N4O2. The van der Waals surface area contributed by atoms with Crippen molar-refractivity contribution in [1.82, 2.24) is 15.5 Å². The number of guanidine groups is 1. The molecule has 1 unspecified atom stereocenters. The Bertz CT molecular complexity index is 318. The van der Waals surface area contributed by atoms with Crippen molar-refractivity contribution in [2.75, 3.05) is 60.2 Å². The fourth-order valence-electron chi connectivity index (χ4n) is 2.91. The zero-order valence-electron chi connectivity index (χ0n) is 15.4. The van der Waals surface area contributed by atoms with Crippen molar-refractivity contribution in [2.24, 2.45) is 10.9 Å². The Balaban J connectivity index is 2.19. The summed E-state index contributed by atoms with van der Waals surface area (Å²) >= 11 is 0.